The molecular weight excluding hydrogens is 252 g/mol. The lowest BCUT2D eigenvalue weighted by atomic mass is 10.0. The predicted octanol–water partition coefficient (Wildman–Crippen LogP) is 2.43. The maximum Gasteiger partial charge on any atom is 0.122 e. The third-order valence-electron chi connectivity index (χ3n) is 4.48. The number of ether oxygens (including phenoxy) is 1. The third kappa shape index (κ3) is 3.62. The molecule has 0 aromatic carbocycles. The van der Waals surface area contributed by atoms with Gasteiger partial charge in [0, 0.05) is 19.7 Å². The Hall–Kier alpha value is -0.840. The van der Waals surface area contributed by atoms with Gasteiger partial charge in [0.25, 0.3) is 0 Å². The number of rotatable bonds is 6. The van der Waals surface area contributed by atoms with Crippen molar-refractivity contribution in [1.29, 1.82) is 0 Å². The molecule has 2 saturated heterocycles. The van der Waals surface area contributed by atoms with Crippen molar-refractivity contribution in [2.75, 3.05) is 39.4 Å². The fourth-order valence-corrected chi connectivity index (χ4v) is 3.34. The van der Waals surface area contributed by atoms with E-state index in [9.17, 15) is 0 Å². The molecule has 3 heterocycles. The minimum atomic E-state index is 0.386. The second kappa shape index (κ2) is 7.25. The summed E-state index contributed by atoms with van der Waals surface area (Å²) in [5.74, 6) is 1.78. The van der Waals surface area contributed by atoms with Gasteiger partial charge in [-0.15, -0.1) is 0 Å². The fraction of sp³-hybridized carbons (Fsp3) is 0.750. The monoisotopic (exact) mass is 278 g/mol. The molecule has 2 atom stereocenters. The number of nitrogens with one attached hydrogen (secondary N) is 1. The van der Waals surface area contributed by atoms with Gasteiger partial charge < -0.3 is 14.5 Å². The van der Waals surface area contributed by atoms with E-state index in [0.717, 1.165) is 32.1 Å². The van der Waals surface area contributed by atoms with Crippen LogP contribution in [0.5, 0.6) is 0 Å². The predicted molar refractivity (Wildman–Crippen MR) is 78.7 cm³/mol. The Kier molecular flexibility index (Phi) is 5.12. The Morgan fingerprint density at radius 1 is 1.30 bits per heavy atom. The van der Waals surface area contributed by atoms with Gasteiger partial charge in [0.15, 0.2) is 0 Å². The molecule has 0 saturated carbocycles. The average Bonchev–Trinajstić information content (AvgIpc) is 3.18. The standard InChI is InChI=1S/C16H26N2O2/c1-2-8-18(7-1)15(16-6-4-10-20-16)12-17-11-14-5-3-9-19-13-14/h4,6,10,14-15,17H,1-3,5,7-9,11-13H2. The molecule has 0 aliphatic carbocycles. The molecule has 20 heavy (non-hydrogen) atoms. The van der Waals surface area contributed by atoms with Crippen LogP contribution < -0.4 is 5.32 Å². The Bertz CT molecular complexity index is 368. The van der Waals surface area contributed by atoms with Gasteiger partial charge in [0.2, 0.25) is 0 Å². The largest absolute Gasteiger partial charge is 0.468 e. The highest BCUT2D eigenvalue weighted by molar-refractivity contribution is 5.06. The molecule has 4 heteroatoms. The smallest absolute Gasteiger partial charge is 0.122 e. The number of nitrogens with zero attached hydrogens (tertiary/aromatic N) is 1. The van der Waals surface area contributed by atoms with Gasteiger partial charge in [-0.05, 0) is 56.8 Å². The van der Waals surface area contributed by atoms with E-state index in [0.29, 0.717) is 12.0 Å². The van der Waals surface area contributed by atoms with Crippen LogP contribution in [0.1, 0.15) is 37.5 Å². The van der Waals surface area contributed by atoms with E-state index in [4.69, 9.17) is 9.15 Å². The molecular formula is C16H26N2O2. The van der Waals surface area contributed by atoms with E-state index in [-0.39, 0.29) is 0 Å². The summed E-state index contributed by atoms with van der Waals surface area (Å²) in [6, 6.07) is 4.49. The summed E-state index contributed by atoms with van der Waals surface area (Å²) >= 11 is 0. The summed E-state index contributed by atoms with van der Waals surface area (Å²) < 4.78 is 11.2. The first-order chi connectivity index (χ1) is 9.93. The fourth-order valence-electron chi connectivity index (χ4n) is 3.34. The molecule has 4 nitrogen and oxygen atoms in total. The lowest BCUT2D eigenvalue weighted by Gasteiger charge is -2.28. The van der Waals surface area contributed by atoms with Crippen molar-refractivity contribution in [2.24, 2.45) is 5.92 Å². The van der Waals surface area contributed by atoms with Gasteiger partial charge in [0.05, 0.1) is 18.9 Å². The van der Waals surface area contributed by atoms with Gasteiger partial charge in [-0.25, -0.2) is 0 Å². The molecule has 0 amide bonds. The van der Waals surface area contributed by atoms with Crippen LogP contribution >= 0.6 is 0 Å². The van der Waals surface area contributed by atoms with Gasteiger partial charge >= 0.3 is 0 Å². The zero-order valence-corrected chi connectivity index (χ0v) is 12.2. The first kappa shape index (κ1) is 14.1. The van der Waals surface area contributed by atoms with Crippen LogP contribution in [-0.4, -0.2) is 44.3 Å². The zero-order chi connectivity index (χ0) is 13.6. The maximum absolute atomic E-state index is 5.64. The van der Waals surface area contributed by atoms with Gasteiger partial charge in [0.1, 0.15) is 5.76 Å². The van der Waals surface area contributed by atoms with Crippen molar-refractivity contribution >= 4 is 0 Å². The van der Waals surface area contributed by atoms with Crippen molar-refractivity contribution in [3.8, 4) is 0 Å². The maximum atomic E-state index is 5.64. The number of likely N-dealkylation sites (tertiary alicyclic amines) is 1. The van der Waals surface area contributed by atoms with Crippen LogP contribution in [0.3, 0.4) is 0 Å². The lowest BCUT2D eigenvalue weighted by Crippen LogP contribution is -2.37. The van der Waals surface area contributed by atoms with Gasteiger partial charge in [-0.2, -0.15) is 0 Å². The van der Waals surface area contributed by atoms with Gasteiger partial charge in [-0.1, -0.05) is 0 Å². The van der Waals surface area contributed by atoms with Crippen LogP contribution in [0.2, 0.25) is 0 Å². The molecule has 0 bridgehead atoms. The van der Waals surface area contributed by atoms with Crippen LogP contribution in [0, 0.1) is 5.92 Å². The summed E-state index contributed by atoms with van der Waals surface area (Å²) in [4.78, 5) is 2.54. The Labute approximate surface area is 121 Å². The van der Waals surface area contributed by atoms with E-state index in [1.54, 1.807) is 6.26 Å². The van der Waals surface area contributed by atoms with Crippen molar-refractivity contribution in [2.45, 2.75) is 31.7 Å². The molecule has 0 spiro atoms. The normalized spacial score (nSPS) is 25.9. The SMILES string of the molecule is c1coc(C(CNCC2CCCOC2)N2CCCC2)c1. The molecule has 0 radical (unpaired) electrons. The average molecular weight is 278 g/mol. The first-order valence-electron chi connectivity index (χ1n) is 7.99. The first-order valence-corrected chi connectivity index (χ1v) is 7.99. The second-order valence-electron chi connectivity index (χ2n) is 6.02. The number of furan rings is 1. The van der Waals surface area contributed by atoms with E-state index < -0.39 is 0 Å². The van der Waals surface area contributed by atoms with Crippen molar-refractivity contribution < 1.29 is 9.15 Å². The minimum Gasteiger partial charge on any atom is -0.468 e. The van der Waals surface area contributed by atoms with E-state index in [1.807, 2.05) is 6.07 Å². The summed E-state index contributed by atoms with van der Waals surface area (Å²) in [5, 5.41) is 3.64. The molecule has 2 aliphatic rings. The van der Waals surface area contributed by atoms with Crippen LogP contribution in [0.4, 0.5) is 0 Å². The highest BCUT2D eigenvalue weighted by atomic mass is 16.5. The second-order valence-corrected chi connectivity index (χ2v) is 6.02. The van der Waals surface area contributed by atoms with E-state index >= 15 is 0 Å². The molecule has 112 valence electrons. The molecule has 1 aromatic rings. The third-order valence-corrected chi connectivity index (χ3v) is 4.48. The van der Waals surface area contributed by atoms with Crippen LogP contribution in [-0.2, 0) is 4.74 Å². The van der Waals surface area contributed by atoms with E-state index in [2.05, 4.69) is 16.3 Å². The van der Waals surface area contributed by atoms with Crippen molar-refractivity contribution in [1.82, 2.24) is 10.2 Å². The number of hydrogen-bond acceptors (Lipinski definition) is 4. The van der Waals surface area contributed by atoms with Crippen molar-refractivity contribution in [3.05, 3.63) is 24.2 Å². The number of hydrogen-bond donors (Lipinski definition) is 1. The highest BCUT2D eigenvalue weighted by Crippen LogP contribution is 2.25. The highest BCUT2D eigenvalue weighted by Gasteiger charge is 2.25. The zero-order valence-electron chi connectivity index (χ0n) is 12.2. The topological polar surface area (TPSA) is 37.6 Å². The lowest BCUT2D eigenvalue weighted by molar-refractivity contribution is 0.0539. The molecule has 1 aromatic heterocycles. The molecule has 2 aliphatic heterocycles. The summed E-state index contributed by atoms with van der Waals surface area (Å²) in [6.07, 6.45) is 6.91. The molecule has 3 rings (SSSR count). The summed E-state index contributed by atoms with van der Waals surface area (Å²) in [6.45, 7) is 6.29. The van der Waals surface area contributed by atoms with E-state index in [1.165, 1.54) is 38.8 Å². The molecule has 1 N–H and O–H groups in total. The van der Waals surface area contributed by atoms with Crippen molar-refractivity contribution in [3.63, 3.8) is 0 Å². The molecule has 2 fully saturated rings. The van der Waals surface area contributed by atoms with Gasteiger partial charge in [-0.3, -0.25) is 4.90 Å². The Morgan fingerprint density at radius 2 is 2.20 bits per heavy atom. The molecule has 2 unspecified atom stereocenters. The van der Waals surface area contributed by atoms with Crippen LogP contribution in [0.15, 0.2) is 22.8 Å². The Morgan fingerprint density at radius 3 is 2.90 bits per heavy atom. The summed E-state index contributed by atoms with van der Waals surface area (Å²) in [7, 11) is 0. The van der Waals surface area contributed by atoms with Crippen LogP contribution in [0.25, 0.3) is 0 Å². The quantitative estimate of drug-likeness (QED) is 0.867. The Balaban J connectivity index is 1.50. The minimum absolute atomic E-state index is 0.386. The summed E-state index contributed by atoms with van der Waals surface area (Å²) in [5.41, 5.74) is 0.